The fraction of sp³-hybridized carbons (Fsp3) is 0.909. The Balaban J connectivity index is 1.86. The van der Waals surface area contributed by atoms with Crippen LogP contribution in [-0.4, -0.2) is 46.2 Å². The molecule has 92 valence electrons. The van der Waals surface area contributed by atoms with Crippen LogP contribution in [0.15, 0.2) is 0 Å². The van der Waals surface area contributed by atoms with Crippen LogP contribution in [-0.2, 0) is 4.74 Å². The summed E-state index contributed by atoms with van der Waals surface area (Å²) in [5.74, 6) is 1.11. The van der Waals surface area contributed by atoms with Gasteiger partial charge in [0, 0.05) is 19.1 Å². The van der Waals surface area contributed by atoms with Crippen molar-refractivity contribution < 1.29 is 9.53 Å². The minimum Gasteiger partial charge on any atom is -0.444 e. The Hall–Kier alpha value is -0.420. The zero-order valence-electron chi connectivity index (χ0n) is 10.2. The molecule has 2 saturated heterocycles. The largest absolute Gasteiger partial charge is 0.444 e. The van der Waals surface area contributed by atoms with Crippen molar-refractivity contribution in [1.29, 1.82) is 0 Å². The number of nitrogens with zero attached hydrogens (tertiary/aromatic N) is 1. The number of hydrogen-bond acceptors (Lipinski definition) is 4. The molecule has 0 aromatic heterocycles. The Morgan fingerprint density at radius 3 is 2.56 bits per heavy atom. The fourth-order valence-electron chi connectivity index (χ4n) is 2.14. The standard InChI is InChI=1S/C11H20N2O2S/c1-10(2,3)15-9(14)13-6-11(7-13)8(12)4-5-16-11/h8H,4-7,12H2,1-3H3/t8-/m1/s1. The maximum Gasteiger partial charge on any atom is 0.410 e. The van der Waals surface area contributed by atoms with Gasteiger partial charge >= 0.3 is 6.09 Å². The molecule has 1 amide bonds. The number of likely N-dealkylation sites (tertiary alicyclic amines) is 1. The monoisotopic (exact) mass is 244 g/mol. The van der Waals surface area contributed by atoms with Crippen molar-refractivity contribution in [2.45, 2.75) is 43.6 Å². The second-order valence-electron chi connectivity index (χ2n) is 5.64. The van der Waals surface area contributed by atoms with Gasteiger partial charge in [0.2, 0.25) is 0 Å². The molecule has 0 aliphatic carbocycles. The molecule has 0 aromatic rings. The van der Waals surface area contributed by atoms with Gasteiger partial charge in [-0.1, -0.05) is 0 Å². The predicted octanol–water partition coefficient (Wildman–Crippen LogP) is 1.44. The lowest BCUT2D eigenvalue weighted by Gasteiger charge is -2.49. The lowest BCUT2D eigenvalue weighted by Crippen LogP contribution is -2.67. The van der Waals surface area contributed by atoms with Crippen molar-refractivity contribution in [3.8, 4) is 0 Å². The highest BCUT2D eigenvalue weighted by molar-refractivity contribution is 8.01. The highest BCUT2D eigenvalue weighted by Crippen LogP contribution is 2.44. The van der Waals surface area contributed by atoms with Crippen LogP contribution in [0.3, 0.4) is 0 Å². The smallest absolute Gasteiger partial charge is 0.410 e. The van der Waals surface area contributed by atoms with Gasteiger partial charge in [0.15, 0.2) is 0 Å². The number of thioether (sulfide) groups is 1. The van der Waals surface area contributed by atoms with Gasteiger partial charge in [-0.3, -0.25) is 0 Å². The summed E-state index contributed by atoms with van der Waals surface area (Å²) in [5, 5.41) is 0. The highest BCUT2D eigenvalue weighted by Gasteiger charge is 2.53. The van der Waals surface area contributed by atoms with Crippen LogP contribution in [0, 0.1) is 0 Å². The van der Waals surface area contributed by atoms with Crippen LogP contribution < -0.4 is 5.73 Å². The van der Waals surface area contributed by atoms with E-state index < -0.39 is 5.60 Å². The van der Waals surface area contributed by atoms with Crippen molar-refractivity contribution >= 4 is 17.9 Å². The summed E-state index contributed by atoms with van der Waals surface area (Å²) in [6, 6.07) is 0.233. The molecular formula is C11H20N2O2S. The third kappa shape index (κ3) is 2.15. The minimum atomic E-state index is -0.412. The summed E-state index contributed by atoms with van der Waals surface area (Å²) in [6.07, 6.45) is 0.852. The Bertz CT molecular complexity index is 295. The Kier molecular flexibility index (Phi) is 2.87. The van der Waals surface area contributed by atoms with E-state index >= 15 is 0 Å². The van der Waals surface area contributed by atoms with Gasteiger partial charge in [0.25, 0.3) is 0 Å². The third-order valence-electron chi connectivity index (χ3n) is 3.06. The van der Waals surface area contributed by atoms with E-state index in [1.54, 1.807) is 4.90 Å². The fourth-order valence-corrected chi connectivity index (χ4v) is 3.74. The average Bonchev–Trinajstić information content (AvgIpc) is 2.40. The molecule has 1 atom stereocenters. The van der Waals surface area contributed by atoms with E-state index in [1.807, 2.05) is 32.5 Å². The maximum atomic E-state index is 11.7. The number of hydrogen-bond donors (Lipinski definition) is 1. The van der Waals surface area contributed by atoms with Crippen LogP contribution in [0.5, 0.6) is 0 Å². The highest BCUT2D eigenvalue weighted by atomic mass is 32.2. The van der Waals surface area contributed by atoms with Gasteiger partial charge in [0.05, 0.1) is 4.75 Å². The van der Waals surface area contributed by atoms with Crippen LogP contribution in [0.1, 0.15) is 27.2 Å². The molecule has 0 aromatic carbocycles. The van der Waals surface area contributed by atoms with E-state index in [0.717, 1.165) is 25.3 Å². The van der Waals surface area contributed by atoms with E-state index in [-0.39, 0.29) is 16.9 Å². The van der Waals surface area contributed by atoms with E-state index in [4.69, 9.17) is 10.5 Å². The van der Waals surface area contributed by atoms with E-state index in [9.17, 15) is 4.79 Å². The summed E-state index contributed by atoms with van der Waals surface area (Å²) in [5.41, 5.74) is 5.65. The van der Waals surface area contributed by atoms with Gasteiger partial charge in [-0.05, 0) is 32.9 Å². The number of rotatable bonds is 0. The summed E-state index contributed by atoms with van der Waals surface area (Å²) >= 11 is 1.90. The summed E-state index contributed by atoms with van der Waals surface area (Å²) < 4.78 is 5.44. The Morgan fingerprint density at radius 1 is 1.50 bits per heavy atom. The molecule has 2 N–H and O–H groups in total. The Morgan fingerprint density at radius 2 is 2.12 bits per heavy atom. The molecule has 0 bridgehead atoms. The molecule has 2 fully saturated rings. The summed E-state index contributed by atoms with van der Waals surface area (Å²) in [7, 11) is 0. The topological polar surface area (TPSA) is 55.6 Å². The normalized spacial score (nSPS) is 28.0. The number of amides is 1. The van der Waals surface area contributed by atoms with Crippen LogP contribution >= 0.6 is 11.8 Å². The van der Waals surface area contributed by atoms with Crippen molar-refractivity contribution in [2.24, 2.45) is 5.73 Å². The number of ether oxygens (including phenoxy) is 1. The van der Waals surface area contributed by atoms with Crippen LogP contribution in [0.4, 0.5) is 4.79 Å². The lowest BCUT2D eigenvalue weighted by molar-refractivity contribution is 0.00277. The zero-order chi connectivity index (χ0) is 12.0. The molecule has 5 heteroatoms. The molecular weight excluding hydrogens is 224 g/mol. The van der Waals surface area contributed by atoms with Crippen LogP contribution in [0.2, 0.25) is 0 Å². The van der Waals surface area contributed by atoms with Crippen molar-refractivity contribution in [2.75, 3.05) is 18.8 Å². The second kappa shape index (κ2) is 3.81. The van der Waals surface area contributed by atoms with Gasteiger partial charge in [-0.15, -0.1) is 11.8 Å². The first-order valence-electron chi connectivity index (χ1n) is 5.70. The first-order chi connectivity index (χ1) is 7.32. The van der Waals surface area contributed by atoms with Gasteiger partial charge in [0.1, 0.15) is 5.60 Å². The van der Waals surface area contributed by atoms with Crippen molar-refractivity contribution in [3.63, 3.8) is 0 Å². The van der Waals surface area contributed by atoms with E-state index in [1.165, 1.54) is 0 Å². The van der Waals surface area contributed by atoms with Crippen molar-refractivity contribution in [1.82, 2.24) is 4.90 Å². The van der Waals surface area contributed by atoms with Crippen molar-refractivity contribution in [3.05, 3.63) is 0 Å². The molecule has 0 unspecified atom stereocenters. The number of nitrogens with two attached hydrogens (primary N) is 1. The zero-order valence-corrected chi connectivity index (χ0v) is 11.0. The molecule has 2 aliphatic rings. The first kappa shape index (κ1) is 12.0. The number of carbonyl (C=O) groups excluding carboxylic acids is 1. The van der Waals surface area contributed by atoms with E-state index in [2.05, 4.69) is 0 Å². The van der Waals surface area contributed by atoms with Gasteiger partial charge in [-0.25, -0.2) is 4.79 Å². The molecule has 2 rings (SSSR count). The minimum absolute atomic E-state index is 0.122. The van der Waals surface area contributed by atoms with Gasteiger partial charge < -0.3 is 15.4 Å². The quantitative estimate of drug-likeness (QED) is 0.700. The average molecular weight is 244 g/mol. The third-order valence-corrected chi connectivity index (χ3v) is 4.64. The van der Waals surface area contributed by atoms with Crippen LogP contribution in [0.25, 0.3) is 0 Å². The first-order valence-corrected chi connectivity index (χ1v) is 6.68. The number of carbonyl (C=O) groups is 1. The molecule has 2 heterocycles. The second-order valence-corrected chi connectivity index (χ2v) is 7.15. The maximum absolute atomic E-state index is 11.7. The molecule has 1 spiro atoms. The lowest BCUT2D eigenvalue weighted by atomic mass is 9.90. The molecule has 2 aliphatic heterocycles. The predicted molar refractivity (Wildman–Crippen MR) is 65.6 cm³/mol. The van der Waals surface area contributed by atoms with Gasteiger partial charge in [-0.2, -0.15) is 0 Å². The molecule has 16 heavy (non-hydrogen) atoms. The van der Waals surface area contributed by atoms with E-state index in [0.29, 0.717) is 0 Å². The molecule has 4 nitrogen and oxygen atoms in total. The summed E-state index contributed by atoms with van der Waals surface area (Å²) in [4.78, 5) is 13.5. The Labute approximate surface area is 101 Å². The SMILES string of the molecule is CC(C)(C)OC(=O)N1CC2(C1)SCC[C@H]2N. The molecule has 0 radical (unpaired) electrons. The summed E-state index contributed by atoms with van der Waals surface area (Å²) in [6.45, 7) is 7.14. The molecule has 0 saturated carbocycles.